The summed E-state index contributed by atoms with van der Waals surface area (Å²) in [4.78, 5) is 25.3. The number of pyridine rings is 1. The van der Waals surface area contributed by atoms with Gasteiger partial charge in [-0.25, -0.2) is 0 Å². The lowest BCUT2D eigenvalue weighted by molar-refractivity contribution is -0.384. The molecule has 18 heavy (non-hydrogen) atoms. The Balaban J connectivity index is 3.16. The van der Waals surface area contributed by atoms with Crippen molar-refractivity contribution in [1.29, 1.82) is 0 Å². The molecule has 1 aromatic rings. The van der Waals surface area contributed by atoms with Crippen LogP contribution in [0.3, 0.4) is 0 Å². The summed E-state index contributed by atoms with van der Waals surface area (Å²) in [7, 11) is 0. The molecule has 0 saturated heterocycles. The van der Waals surface area contributed by atoms with Gasteiger partial charge in [0.2, 0.25) is 5.91 Å². The lowest BCUT2D eigenvalue weighted by Gasteiger charge is -2.20. The molecule has 1 heterocycles. The Morgan fingerprint density at radius 3 is 2.61 bits per heavy atom. The second-order valence-corrected chi connectivity index (χ2v) is 4.90. The molecule has 1 unspecified atom stereocenters. The van der Waals surface area contributed by atoms with Gasteiger partial charge >= 0.3 is 5.69 Å². The van der Waals surface area contributed by atoms with Crippen molar-refractivity contribution in [3.05, 3.63) is 27.0 Å². The predicted molar refractivity (Wildman–Crippen MR) is 70.0 cm³/mol. The zero-order valence-electron chi connectivity index (χ0n) is 9.88. The van der Waals surface area contributed by atoms with Crippen LogP contribution in [0, 0.1) is 16.0 Å². The topological polar surface area (TPSA) is 111 Å². The van der Waals surface area contributed by atoms with Crippen LogP contribution in [-0.4, -0.2) is 21.9 Å². The van der Waals surface area contributed by atoms with E-state index < -0.39 is 16.9 Å². The Hall–Kier alpha value is -1.70. The van der Waals surface area contributed by atoms with E-state index >= 15 is 0 Å². The monoisotopic (exact) mass is 316 g/mol. The molecule has 0 aromatic carbocycles. The summed E-state index contributed by atoms with van der Waals surface area (Å²) in [6.45, 7) is 3.59. The number of aromatic nitrogens is 1. The number of nitrogens with one attached hydrogen (secondary N) is 1. The summed E-state index contributed by atoms with van der Waals surface area (Å²) in [6, 6.07) is -0.692. The van der Waals surface area contributed by atoms with Crippen LogP contribution in [-0.2, 0) is 4.79 Å². The summed E-state index contributed by atoms with van der Waals surface area (Å²) in [5.41, 5.74) is 5.25. The van der Waals surface area contributed by atoms with E-state index in [0.29, 0.717) is 4.47 Å². The fraction of sp³-hybridized carbons (Fsp3) is 0.400. The molecule has 0 aliphatic heterocycles. The fourth-order valence-electron chi connectivity index (χ4n) is 1.43. The van der Waals surface area contributed by atoms with Crippen LogP contribution in [0.15, 0.2) is 16.9 Å². The standard InChI is InChI=1S/C10H13BrN4O3/c1-5(2)8(10(12)16)14-9-6(11)3-13-4-7(9)15(17)18/h3-5,8H,1-2H3,(H2,12,16)(H,13,14). The zero-order valence-corrected chi connectivity index (χ0v) is 11.5. The van der Waals surface area contributed by atoms with E-state index in [1.165, 1.54) is 6.20 Å². The van der Waals surface area contributed by atoms with Crippen molar-refractivity contribution in [2.45, 2.75) is 19.9 Å². The van der Waals surface area contributed by atoms with Gasteiger partial charge in [-0.05, 0) is 21.8 Å². The third-order valence-electron chi connectivity index (χ3n) is 2.35. The van der Waals surface area contributed by atoms with Gasteiger partial charge in [-0.3, -0.25) is 19.9 Å². The highest BCUT2D eigenvalue weighted by Crippen LogP contribution is 2.32. The van der Waals surface area contributed by atoms with E-state index in [1.807, 2.05) is 0 Å². The van der Waals surface area contributed by atoms with Crippen molar-refractivity contribution in [3.8, 4) is 0 Å². The largest absolute Gasteiger partial charge is 0.368 e. The molecule has 0 bridgehead atoms. The smallest absolute Gasteiger partial charge is 0.311 e. The van der Waals surface area contributed by atoms with Gasteiger partial charge in [-0.2, -0.15) is 0 Å². The third-order valence-corrected chi connectivity index (χ3v) is 2.95. The van der Waals surface area contributed by atoms with Gasteiger partial charge in [0, 0.05) is 6.20 Å². The number of amides is 1. The number of carbonyl (C=O) groups is 1. The lowest BCUT2D eigenvalue weighted by Crippen LogP contribution is -2.39. The second-order valence-electron chi connectivity index (χ2n) is 4.04. The SMILES string of the molecule is CC(C)C(Nc1c(Br)cncc1[N+](=O)[O-])C(N)=O. The van der Waals surface area contributed by atoms with Crippen LogP contribution in [0.4, 0.5) is 11.4 Å². The Labute approximate surface area is 112 Å². The number of nitrogens with zero attached hydrogens (tertiary/aromatic N) is 2. The molecule has 1 atom stereocenters. The molecule has 0 fully saturated rings. The number of nitrogens with two attached hydrogens (primary N) is 1. The molecule has 1 aromatic heterocycles. The summed E-state index contributed by atoms with van der Waals surface area (Å²) < 4.78 is 0.406. The quantitative estimate of drug-likeness (QED) is 0.634. The van der Waals surface area contributed by atoms with Crippen LogP contribution in [0.25, 0.3) is 0 Å². The first-order valence-electron chi connectivity index (χ1n) is 5.18. The van der Waals surface area contributed by atoms with Gasteiger partial charge in [0.1, 0.15) is 17.9 Å². The Morgan fingerprint density at radius 2 is 2.17 bits per heavy atom. The molecule has 0 aliphatic rings. The Bertz CT molecular complexity index is 478. The highest BCUT2D eigenvalue weighted by molar-refractivity contribution is 9.10. The van der Waals surface area contributed by atoms with Gasteiger partial charge in [-0.15, -0.1) is 0 Å². The Kier molecular flexibility index (Phi) is 4.60. The van der Waals surface area contributed by atoms with Gasteiger partial charge in [0.25, 0.3) is 0 Å². The van der Waals surface area contributed by atoms with Crippen molar-refractivity contribution in [1.82, 2.24) is 4.98 Å². The predicted octanol–water partition coefficient (Wildman–Crippen LogP) is 1.67. The molecule has 0 saturated carbocycles. The van der Waals surface area contributed by atoms with E-state index in [4.69, 9.17) is 5.73 Å². The van der Waals surface area contributed by atoms with E-state index in [0.717, 1.165) is 6.20 Å². The first-order valence-corrected chi connectivity index (χ1v) is 5.97. The van der Waals surface area contributed by atoms with Crippen molar-refractivity contribution in [3.63, 3.8) is 0 Å². The second kappa shape index (κ2) is 5.76. The number of halogens is 1. The van der Waals surface area contributed by atoms with Gasteiger partial charge in [0.15, 0.2) is 0 Å². The molecule has 0 spiro atoms. The average Bonchev–Trinajstić information content (AvgIpc) is 2.25. The molecule has 7 nitrogen and oxygen atoms in total. The van der Waals surface area contributed by atoms with Crippen molar-refractivity contribution < 1.29 is 9.72 Å². The van der Waals surface area contributed by atoms with Crippen LogP contribution in [0.2, 0.25) is 0 Å². The molecule has 8 heteroatoms. The van der Waals surface area contributed by atoms with E-state index in [1.54, 1.807) is 13.8 Å². The van der Waals surface area contributed by atoms with E-state index in [2.05, 4.69) is 26.2 Å². The van der Waals surface area contributed by atoms with Gasteiger partial charge in [-0.1, -0.05) is 13.8 Å². The highest BCUT2D eigenvalue weighted by atomic mass is 79.9. The maximum atomic E-state index is 11.3. The maximum absolute atomic E-state index is 11.3. The minimum Gasteiger partial charge on any atom is -0.368 e. The minimum absolute atomic E-state index is 0.0952. The summed E-state index contributed by atoms with van der Waals surface area (Å²) in [5.74, 6) is -0.662. The maximum Gasteiger partial charge on any atom is 0.311 e. The number of primary amides is 1. The van der Waals surface area contributed by atoms with Crippen LogP contribution < -0.4 is 11.1 Å². The molecule has 0 radical (unpaired) electrons. The van der Waals surface area contributed by atoms with Gasteiger partial charge < -0.3 is 11.1 Å². The number of anilines is 1. The number of carbonyl (C=O) groups excluding carboxylic acids is 1. The first kappa shape index (κ1) is 14.4. The third kappa shape index (κ3) is 3.16. The van der Waals surface area contributed by atoms with Crippen molar-refractivity contribution in [2.75, 3.05) is 5.32 Å². The lowest BCUT2D eigenvalue weighted by atomic mass is 10.0. The summed E-state index contributed by atoms with van der Waals surface area (Å²) in [6.07, 6.45) is 2.53. The molecular formula is C10H13BrN4O3. The first-order chi connectivity index (χ1) is 8.34. The molecule has 1 amide bonds. The molecule has 1 rings (SSSR count). The van der Waals surface area contributed by atoms with E-state index in [-0.39, 0.29) is 17.3 Å². The number of nitro groups is 1. The molecule has 3 N–H and O–H groups in total. The average molecular weight is 317 g/mol. The number of hydrogen-bond donors (Lipinski definition) is 2. The highest BCUT2D eigenvalue weighted by Gasteiger charge is 2.25. The number of hydrogen-bond acceptors (Lipinski definition) is 5. The van der Waals surface area contributed by atoms with Crippen LogP contribution in [0.1, 0.15) is 13.8 Å². The molecular weight excluding hydrogens is 304 g/mol. The van der Waals surface area contributed by atoms with Crippen LogP contribution in [0.5, 0.6) is 0 Å². The summed E-state index contributed by atoms with van der Waals surface area (Å²) >= 11 is 3.16. The fourth-order valence-corrected chi connectivity index (χ4v) is 1.86. The Morgan fingerprint density at radius 1 is 1.56 bits per heavy atom. The van der Waals surface area contributed by atoms with E-state index in [9.17, 15) is 14.9 Å². The molecule has 0 aliphatic carbocycles. The van der Waals surface area contributed by atoms with Crippen molar-refractivity contribution >= 4 is 33.2 Å². The number of rotatable bonds is 5. The summed E-state index contributed by atoms with van der Waals surface area (Å²) in [5, 5.41) is 13.7. The minimum atomic E-state index is -0.692. The molecule has 98 valence electrons. The zero-order chi connectivity index (χ0) is 13.9. The van der Waals surface area contributed by atoms with Gasteiger partial charge in [0.05, 0.1) is 9.40 Å². The normalized spacial score (nSPS) is 12.2. The van der Waals surface area contributed by atoms with Crippen LogP contribution >= 0.6 is 15.9 Å². The van der Waals surface area contributed by atoms with Crippen molar-refractivity contribution in [2.24, 2.45) is 11.7 Å².